The van der Waals surface area contributed by atoms with Gasteiger partial charge in [-0.2, -0.15) is 0 Å². The minimum atomic E-state index is -0.793. The van der Waals surface area contributed by atoms with Gasteiger partial charge in [-0.25, -0.2) is 0 Å². The van der Waals surface area contributed by atoms with Gasteiger partial charge in [0, 0.05) is 11.4 Å². The monoisotopic (exact) mass is 540 g/mol. The number of fused-ring (bicyclic) bond motifs is 11. The van der Waals surface area contributed by atoms with Gasteiger partial charge in [-0.15, -0.1) is 0 Å². The van der Waals surface area contributed by atoms with E-state index in [1.165, 1.54) is 0 Å². The van der Waals surface area contributed by atoms with Crippen molar-refractivity contribution in [2.24, 2.45) is 5.92 Å². The summed E-state index contributed by atoms with van der Waals surface area (Å²) in [6.45, 7) is 5.60. The molecule has 4 fully saturated rings. The Morgan fingerprint density at radius 2 is 1.18 bits per heavy atom. The molecule has 2 aromatic rings. The first-order valence-electron chi connectivity index (χ1n) is 14.2. The Morgan fingerprint density at radius 3 is 1.70 bits per heavy atom. The molecule has 6 aliphatic rings. The van der Waals surface area contributed by atoms with Crippen LogP contribution in [0.15, 0.2) is 48.5 Å². The molecule has 2 aromatic carbocycles. The summed E-state index contributed by atoms with van der Waals surface area (Å²) < 4.78 is 0. The molecule has 0 aliphatic carbocycles. The third-order valence-corrected chi connectivity index (χ3v) is 10.5. The minimum Gasteiger partial charge on any atom is -0.364 e. The highest BCUT2D eigenvalue weighted by Gasteiger charge is 2.78. The highest BCUT2D eigenvalue weighted by molar-refractivity contribution is 6.01. The molecule has 4 N–H and O–H groups in total. The molecule has 0 unspecified atom stereocenters. The van der Waals surface area contributed by atoms with Gasteiger partial charge in [0.2, 0.25) is 23.6 Å². The molecule has 206 valence electrons. The van der Waals surface area contributed by atoms with Crippen LogP contribution in [0.1, 0.15) is 44.7 Å². The summed E-state index contributed by atoms with van der Waals surface area (Å²) in [5.41, 5.74) is 2.27. The first-order valence-corrected chi connectivity index (χ1v) is 14.2. The number of nitrogens with one attached hydrogen (secondary N) is 4. The minimum absolute atomic E-state index is 0.0702. The Balaban J connectivity index is 1.41. The van der Waals surface area contributed by atoms with Crippen LogP contribution < -0.4 is 21.3 Å². The van der Waals surface area contributed by atoms with Crippen LogP contribution >= 0.6 is 0 Å². The van der Waals surface area contributed by atoms with Gasteiger partial charge in [-0.3, -0.25) is 19.2 Å². The van der Waals surface area contributed by atoms with E-state index in [2.05, 4.69) is 33.4 Å². The summed E-state index contributed by atoms with van der Waals surface area (Å²) in [6.07, 6.45) is -0.292. The number of piperazine rings is 2. The summed E-state index contributed by atoms with van der Waals surface area (Å²) >= 11 is 0. The second kappa shape index (κ2) is 7.56. The topological polar surface area (TPSA) is 123 Å². The van der Waals surface area contributed by atoms with Crippen molar-refractivity contribution in [2.45, 2.75) is 80.9 Å². The molecule has 0 spiro atoms. The lowest BCUT2D eigenvalue weighted by molar-refractivity contribution is -0.150. The zero-order valence-corrected chi connectivity index (χ0v) is 22.6. The quantitative estimate of drug-likeness (QED) is 0.455. The lowest BCUT2D eigenvalue weighted by Gasteiger charge is -2.48. The van der Waals surface area contributed by atoms with E-state index >= 15 is 0 Å². The van der Waals surface area contributed by atoms with Crippen LogP contribution in [-0.4, -0.2) is 69.9 Å². The van der Waals surface area contributed by atoms with E-state index in [0.29, 0.717) is 12.8 Å². The van der Waals surface area contributed by atoms with E-state index in [4.69, 9.17) is 0 Å². The molecule has 40 heavy (non-hydrogen) atoms. The summed E-state index contributed by atoms with van der Waals surface area (Å²) in [6, 6.07) is 13.5. The Labute approximate surface area is 231 Å². The van der Waals surface area contributed by atoms with E-state index in [1.54, 1.807) is 16.7 Å². The third kappa shape index (κ3) is 2.51. The first-order chi connectivity index (χ1) is 19.2. The SMILES string of the molecule is CC(C)[C@H]1NC(=O)[C@H]2C[C@@]3([C@@]45C[C@H]6C(=O)N[C@@H](C)C(=O)N6[C@H]4Nc4ccccc45)c4ccccc4N[C@H]3N2C1=O. The maximum Gasteiger partial charge on any atom is 0.247 e. The number of carbonyl (C=O) groups is 4. The van der Waals surface area contributed by atoms with E-state index in [-0.39, 0.29) is 29.5 Å². The molecule has 4 amide bonds. The van der Waals surface area contributed by atoms with E-state index in [0.717, 1.165) is 22.5 Å². The standard InChI is InChI=1S/C30H32N6O4/c1-14(2)22-26(40)36-21(24(38)34-22)13-30(17-9-5-7-11-19(17)33-28(30)36)29-12-20-23(37)31-15(3)25(39)35(20)27(29)32-18-10-6-4-8-16(18)29/h4-11,14-15,20-22,27-28,32-33H,12-13H2,1-3H3,(H,31,37)(H,34,38)/t15-,20-,21+,22+,27+,28-,29+,30+/m0/s1. The Bertz CT molecular complexity index is 1530. The molecule has 4 saturated heterocycles. The number of hydrogen-bond acceptors (Lipinski definition) is 6. The van der Waals surface area contributed by atoms with Gasteiger partial charge in [0.1, 0.15) is 36.5 Å². The predicted molar refractivity (Wildman–Crippen MR) is 146 cm³/mol. The van der Waals surface area contributed by atoms with Crippen molar-refractivity contribution < 1.29 is 19.2 Å². The molecule has 0 radical (unpaired) electrons. The normalized spacial score (nSPS) is 38.5. The molecule has 0 saturated carbocycles. The van der Waals surface area contributed by atoms with Crippen molar-refractivity contribution in [3.63, 3.8) is 0 Å². The molecule has 0 bridgehead atoms. The van der Waals surface area contributed by atoms with Crippen molar-refractivity contribution in [3.05, 3.63) is 59.7 Å². The zero-order valence-electron chi connectivity index (χ0n) is 22.6. The number of anilines is 2. The fourth-order valence-electron chi connectivity index (χ4n) is 8.91. The second-order valence-electron chi connectivity index (χ2n) is 12.5. The number of rotatable bonds is 2. The van der Waals surface area contributed by atoms with Crippen LogP contribution in [-0.2, 0) is 30.0 Å². The van der Waals surface area contributed by atoms with Crippen LogP contribution in [0.5, 0.6) is 0 Å². The van der Waals surface area contributed by atoms with Gasteiger partial charge < -0.3 is 31.1 Å². The maximum absolute atomic E-state index is 14.1. The zero-order chi connectivity index (χ0) is 27.7. The van der Waals surface area contributed by atoms with E-state index in [9.17, 15) is 19.2 Å². The average molecular weight is 541 g/mol. The van der Waals surface area contributed by atoms with Crippen molar-refractivity contribution >= 4 is 35.0 Å². The van der Waals surface area contributed by atoms with Crippen LogP contribution in [0.3, 0.4) is 0 Å². The molecular formula is C30H32N6O4. The highest BCUT2D eigenvalue weighted by Crippen LogP contribution is 2.68. The molecule has 10 nitrogen and oxygen atoms in total. The number of carbonyl (C=O) groups excluding carboxylic acids is 4. The summed E-state index contributed by atoms with van der Waals surface area (Å²) in [5.74, 6) is -0.627. The molecule has 6 heterocycles. The number of hydrogen-bond donors (Lipinski definition) is 4. The molecule has 10 heteroatoms. The van der Waals surface area contributed by atoms with Gasteiger partial charge >= 0.3 is 0 Å². The Kier molecular flexibility index (Phi) is 4.49. The lowest BCUT2D eigenvalue weighted by atomic mass is 9.54. The molecule has 8 rings (SSSR count). The largest absolute Gasteiger partial charge is 0.364 e. The predicted octanol–water partition coefficient (Wildman–Crippen LogP) is 1.24. The van der Waals surface area contributed by atoms with E-state index < -0.39 is 47.3 Å². The maximum atomic E-state index is 14.1. The molecule has 0 aromatic heterocycles. The smallest absolute Gasteiger partial charge is 0.247 e. The van der Waals surface area contributed by atoms with Gasteiger partial charge in [0.05, 0.1) is 10.8 Å². The van der Waals surface area contributed by atoms with Crippen LogP contribution in [0.4, 0.5) is 11.4 Å². The van der Waals surface area contributed by atoms with E-state index in [1.807, 2.05) is 50.2 Å². The Morgan fingerprint density at radius 1 is 0.700 bits per heavy atom. The molecule has 6 aliphatic heterocycles. The Hall–Kier alpha value is -4.08. The van der Waals surface area contributed by atoms with Crippen LogP contribution in [0, 0.1) is 5.92 Å². The number of benzene rings is 2. The first kappa shape index (κ1) is 23.8. The highest BCUT2D eigenvalue weighted by atomic mass is 16.2. The van der Waals surface area contributed by atoms with Crippen molar-refractivity contribution in [1.29, 1.82) is 0 Å². The molecule has 8 atom stereocenters. The van der Waals surface area contributed by atoms with Crippen molar-refractivity contribution in [2.75, 3.05) is 10.6 Å². The van der Waals surface area contributed by atoms with Crippen LogP contribution in [0.2, 0.25) is 0 Å². The van der Waals surface area contributed by atoms with Gasteiger partial charge in [-0.05, 0) is 48.9 Å². The lowest BCUT2D eigenvalue weighted by Crippen LogP contribution is -2.67. The summed E-state index contributed by atoms with van der Waals surface area (Å²) in [5, 5.41) is 13.2. The molecular weight excluding hydrogens is 508 g/mol. The summed E-state index contributed by atoms with van der Waals surface area (Å²) in [7, 11) is 0. The van der Waals surface area contributed by atoms with Crippen molar-refractivity contribution in [1.82, 2.24) is 20.4 Å². The second-order valence-corrected chi connectivity index (χ2v) is 12.5. The van der Waals surface area contributed by atoms with Gasteiger partial charge in [0.25, 0.3) is 0 Å². The average Bonchev–Trinajstić information content (AvgIpc) is 3.63. The van der Waals surface area contributed by atoms with Crippen molar-refractivity contribution in [3.8, 4) is 0 Å². The number of para-hydroxylation sites is 2. The summed E-state index contributed by atoms with van der Waals surface area (Å²) in [4.78, 5) is 58.5. The van der Waals surface area contributed by atoms with Gasteiger partial charge in [-0.1, -0.05) is 50.2 Å². The third-order valence-electron chi connectivity index (χ3n) is 10.5. The van der Waals surface area contributed by atoms with Crippen LogP contribution in [0.25, 0.3) is 0 Å². The fraction of sp³-hybridized carbons (Fsp3) is 0.467. The number of nitrogens with zero attached hydrogens (tertiary/aromatic N) is 2. The number of amides is 4. The van der Waals surface area contributed by atoms with Gasteiger partial charge in [0.15, 0.2) is 0 Å². The fourth-order valence-corrected chi connectivity index (χ4v) is 8.91.